The molecule has 1 aromatic rings. The quantitative estimate of drug-likeness (QED) is 0.520. The third kappa shape index (κ3) is 6.74. The number of rotatable bonds is 11. The highest BCUT2D eigenvalue weighted by atomic mass is 16.3. The lowest BCUT2D eigenvalue weighted by molar-refractivity contribution is -0.124. The molecule has 2 atom stereocenters. The lowest BCUT2D eigenvalue weighted by Crippen LogP contribution is -2.54. The van der Waals surface area contributed by atoms with Gasteiger partial charge in [-0.2, -0.15) is 0 Å². The van der Waals surface area contributed by atoms with Crippen LogP contribution in [-0.4, -0.2) is 36.8 Å². The third-order valence-corrected chi connectivity index (χ3v) is 6.26. The molecule has 0 radical (unpaired) electrons. The second-order valence-electron chi connectivity index (χ2n) is 9.03. The molecule has 2 rings (SSSR count). The van der Waals surface area contributed by atoms with Crippen LogP contribution in [0.4, 0.5) is 5.69 Å². The maximum absolute atomic E-state index is 12.8. The third-order valence-electron chi connectivity index (χ3n) is 6.26. The first-order valence-electron chi connectivity index (χ1n) is 11.7. The Kier molecular flexibility index (Phi) is 9.99. The van der Waals surface area contributed by atoms with Crippen molar-refractivity contribution in [1.82, 2.24) is 5.32 Å². The molecule has 0 saturated heterocycles. The molecule has 164 valence electrons. The van der Waals surface area contributed by atoms with Gasteiger partial charge in [0.1, 0.15) is 6.04 Å². The Hall–Kier alpha value is -1.55. The molecule has 1 aliphatic heterocycles. The van der Waals surface area contributed by atoms with Crippen LogP contribution in [0, 0.1) is 5.92 Å². The van der Waals surface area contributed by atoms with E-state index < -0.39 is 0 Å². The van der Waals surface area contributed by atoms with Crippen LogP contribution in [0.5, 0.6) is 0 Å². The number of unbranched alkanes of at least 4 members (excludes halogenated alkanes) is 7. The van der Waals surface area contributed by atoms with Crippen molar-refractivity contribution in [1.29, 1.82) is 0 Å². The van der Waals surface area contributed by atoms with Gasteiger partial charge < -0.3 is 15.3 Å². The number of aliphatic hydroxyl groups excluding tert-OH is 1. The number of amides is 1. The van der Waals surface area contributed by atoms with E-state index in [9.17, 15) is 9.90 Å². The summed E-state index contributed by atoms with van der Waals surface area (Å²) in [6.45, 7) is 6.41. The molecule has 1 heterocycles. The monoisotopic (exact) mass is 402 g/mol. The van der Waals surface area contributed by atoms with Crippen molar-refractivity contribution >= 4 is 11.6 Å². The summed E-state index contributed by atoms with van der Waals surface area (Å²) in [7, 11) is 2.03. The van der Waals surface area contributed by atoms with E-state index >= 15 is 0 Å². The van der Waals surface area contributed by atoms with Gasteiger partial charge in [-0.05, 0) is 42.4 Å². The highest BCUT2D eigenvalue weighted by molar-refractivity contribution is 5.86. The minimum Gasteiger partial charge on any atom is -0.394 e. The van der Waals surface area contributed by atoms with E-state index in [2.05, 4.69) is 49.2 Å². The molecular weight excluding hydrogens is 360 g/mol. The fourth-order valence-corrected chi connectivity index (χ4v) is 4.64. The lowest BCUT2D eigenvalue weighted by atomic mass is 9.90. The lowest BCUT2D eigenvalue weighted by Gasteiger charge is -2.37. The number of hydrogen-bond donors (Lipinski definition) is 2. The van der Waals surface area contributed by atoms with E-state index in [0.717, 1.165) is 12.1 Å². The molecule has 4 heteroatoms. The molecule has 2 N–H and O–H groups in total. The summed E-state index contributed by atoms with van der Waals surface area (Å²) in [5.41, 5.74) is 3.81. The fraction of sp³-hybridized carbons (Fsp3) is 0.720. The number of carbonyl (C=O) groups is 1. The van der Waals surface area contributed by atoms with Crippen LogP contribution in [0.2, 0.25) is 0 Å². The Labute approximate surface area is 178 Å². The zero-order valence-electron chi connectivity index (χ0n) is 19.0. The van der Waals surface area contributed by atoms with Gasteiger partial charge in [0.25, 0.3) is 0 Å². The summed E-state index contributed by atoms with van der Waals surface area (Å²) in [6, 6.07) is 6.06. The van der Waals surface area contributed by atoms with Gasteiger partial charge in [0, 0.05) is 12.7 Å². The largest absolute Gasteiger partial charge is 0.394 e. The first kappa shape index (κ1) is 23.7. The highest BCUT2D eigenvalue weighted by Gasteiger charge is 2.32. The van der Waals surface area contributed by atoms with Gasteiger partial charge >= 0.3 is 0 Å². The molecule has 1 aromatic carbocycles. The van der Waals surface area contributed by atoms with Crippen molar-refractivity contribution in [2.75, 3.05) is 18.6 Å². The van der Waals surface area contributed by atoms with E-state index in [1.807, 2.05) is 7.05 Å². The normalized spacial score (nSPS) is 19.7. The number of aryl methyl sites for hydroxylation is 1. The summed E-state index contributed by atoms with van der Waals surface area (Å²) in [4.78, 5) is 14.9. The summed E-state index contributed by atoms with van der Waals surface area (Å²) in [6.07, 6.45) is 12.3. The number of hydrogen-bond acceptors (Lipinski definition) is 3. The number of nitrogens with zero attached hydrogens (tertiary/aromatic N) is 1. The van der Waals surface area contributed by atoms with Gasteiger partial charge in [-0.15, -0.1) is 0 Å². The molecule has 1 aliphatic rings. The fourth-order valence-electron chi connectivity index (χ4n) is 4.64. The van der Waals surface area contributed by atoms with Gasteiger partial charge in [0.15, 0.2) is 0 Å². The van der Waals surface area contributed by atoms with Crippen molar-refractivity contribution in [3.8, 4) is 0 Å². The molecular formula is C25H42N2O2. The van der Waals surface area contributed by atoms with Gasteiger partial charge in [-0.25, -0.2) is 0 Å². The molecule has 0 aromatic heterocycles. The van der Waals surface area contributed by atoms with Crippen molar-refractivity contribution in [3.05, 3.63) is 29.3 Å². The van der Waals surface area contributed by atoms with E-state index in [1.54, 1.807) is 0 Å². The second kappa shape index (κ2) is 12.2. The minimum absolute atomic E-state index is 0.0145. The molecule has 4 nitrogen and oxygen atoms in total. The second-order valence-corrected chi connectivity index (χ2v) is 9.03. The van der Waals surface area contributed by atoms with Gasteiger partial charge in [-0.3, -0.25) is 4.79 Å². The number of fused-ring (bicyclic) bond motifs is 1. The van der Waals surface area contributed by atoms with E-state index in [0.29, 0.717) is 6.42 Å². The number of aliphatic hydroxyl groups is 1. The van der Waals surface area contributed by atoms with Crippen LogP contribution in [0.1, 0.15) is 83.3 Å². The Bertz CT molecular complexity index is 629. The van der Waals surface area contributed by atoms with Crippen molar-refractivity contribution < 1.29 is 9.90 Å². The predicted octanol–water partition coefficient (Wildman–Crippen LogP) is 4.86. The SMILES string of the molecule is CCCCCCCCCCc1cccc2c1C[C@@H](CO)NC(=O)[C@H](C(C)C)N2C. The van der Waals surface area contributed by atoms with Crippen molar-refractivity contribution in [2.45, 2.75) is 97.1 Å². The maximum Gasteiger partial charge on any atom is 0.243 e. The summed E-state index contributed by atoms with van der Waals surface area (Å²) >= 11 is 0. The molecule has 0 saturated carbocycles. The minimum atomic E-state index is -0.221. The van der Waals surface area contributed by atoms with Crippen LogP contribution >= 0.6 is 0 Å². The van der Waals surface area contributed by atoms with Crippen LogP contribution in [0.25, 0.3) is 0 Å². The molecule has 0 fully saturated rings. The Morgan fingerprint density at radius 3 is 2.38 bits per heavy atom. The Morgan fingerprint density at radius 2 is 1.76 bits per heavy atom. The summed E-state index contributed by atoms with van der Waals surface area (Å²) in [5.74, 6) is 0.210. The first-order valence-corrected chi connectivity index (χ1v) is 11.7. The zero-order valence-corrected chi connectivity index (χ0v) is 19.0. The zero-order chi connectivity index (χ0) is 21.2. The van der Waals surface area contributed by atoms with Gasteiger partial charge in [0.05, 0.1) is 12.6 Å². The number of carbonyl (C=O) groups excluding carboxylic acids is 1. The number of likely N-dealkylation sites (N-methyl/N-ethyl adjacent to an activating group) is 1. The Balaban J connectivity index is 2.08. The van der Waals surface area contributed by atoms with Crippen LogP contribution in [0.15, 0.2) is 18.2 Å². The van der Waals surface area contributed by atoms with Crippen molar-refractivity contribution in [2.24, 2.45) is 5.92 Å². The highest BCUT2D eigenvalue weighted by Crippen LogP contribution is 2.30. The topological polar surface area (TPSA) is 52.6 Å². The standard InChI is InChI=1S/C25H42N2O2/c1-5-6-7-8-9-10-11-12-14-20-15-13-16-23-22(20)17-21(18-28)26-25(29)24(19(2)3)27(23)4/h13,15-16,19,21,24,28H,5-12,14,17-18H2,1-4H3,(H,26,29)/t21-,24-/m0/s1. The van der Waals surface area contributed by atoms with Crippen LogP contribution in [-0.2, 0) is 17.6 Å². The van der Waals surface area contributed by atoms with Gasteiger partial charge in [-0.1, -0.05) is 77.8 Å². The smallest absolute Gasteiger partial charge is 0.243 e. The van der Waals surface area contributed by atoms with E-state index in [4.69, 9.17) is 0 Å². The van der Waals surface area contributed by atoms with Crippen LogP contribution in [0.3, 0.4) is 0 Å². The van der Waals surface area contributed by atoms with Gasteiger partial charge in [0.2, 0.25) is 5.91 Å². The molecule has 0 aliphatic carbocycles. The van der Waals surface area contributed by atoms with E-state index in [-0.39, 0.29) is 30.5 Å². The predicted molar refractivity (Wildman–Crippen MR) is 123 cm³/mol. The molecule has 0 unspecified atom stereocenters. The molecule has 29 heavy (non-hydrogen) atoms. The number of anilines is 1. The maximum atomic E-state index is 12.8. The molecule has 0 bridgehead atoms. The first-order chi connectivity index (χ1) is 14.0. The van der Waals surface area contributed by atoms with E-state index in [1.165, 1.54) is 62.5 Å². The summed E-state index contributed by atoms with van der Waals surface area (Å²) in [5, 5.41) is 12.9. The average Bonchev–Trinajstić information content (AvgIpc) is 2.68. The Morgan fingerprint density at radius 1 is 1.10 bits per heavy atom. The molecule has 1 amide bonds. The number of nitrogens with one attached hydrogen (secondary N) is 1. The summed E-state index contributed by atoms with van der Waals surface area (Å²) < 4.78 is 0. The van der Waals surface area contributed by atoms with Crippen molar-refractivity contribution in [3.63, 3.8) is 0 Å². The average molecular weight is 403 g/mol. The van der Waals surface area contributed by atoms with Crippen LogP contribution < -0.4 is 10.2 Å². The molecule has 0 spiro atoms. The number of benzene rings is 1.